The van der Waals surface area contributed by atoms with E-state index in [9.17, 15) is 18.0 Å². The number of amides is 1. The number of nitrogens with zero attached hydrogens (tertiary/aromatic N) is 6. The van der Waals surface area contributed by atoms with E-state index < -0.39 is 11.7 Å². The van der Waals surface area contributed by atoms with Crippen LogP contribution in [-0.4, -0.2) is 56.5 Å². The number of benzene rings is 1. The Kier molecular flexibility index (Phi) is 5.62. The Morgan fingerprint density at radius 3 is 2.45 bits per heavy atom. The fraction of sp³-hybridized carbons (Fsp3) is 0.333. The van der Waals surface area contributed by atoms with Crippen LogP contribution in [0.5, 0.6) is 0 Å². The number of carbonyl (C=O) groups excluding carboxylic acids is 1. The molecule has 1 saturated heterocycles. The molecule has 0 aliphatic carbocycles. The van der Waals surface area contributed by atoms with Crippen molar-refractivity contribution in [3.05, 3.63) is 66.0 Å². The Labute approximate surface area is 177 Å². The van der Waals surface area contributed by atoms with Gasteiger partial charge in [-0.15, -0.1) is 0 Å². The first-order chi connectivity index (χ1) is 14.8. The lowest BCUT2D eigenvalue weighted by Gasteiger charge is -2.35. The van der Waals surface area contributed by atoms with Crippen LogP contribution in [-0.2, 0) is 17.4 Å². The molecule has 162 valence electrons. The number of halogens is 3. The number of aromatic nitrogens is 4. The standard InChI is InChI=1S/C21H21F3N6O/c1-15-25-5-6-30(15)19-13-18(26-14-27-19)28-7-9-29(10-8-28)20(31)12-16-3-2-4-17(11-16)21(22,23)24/h2-6,11,13-14H,7-10,12H2,1H3. The Morgan fingerprint density at radius 2 is 1.77 bits per heavy atom. The molecule has 0 bridgehead atoms. The third-order valence-corrected chi connectivity index (χ3v) is 5.28. The number of hydrogen-bond donors (Lipinski definition) is 0. The second kappa shape index (κ2) is 8.37. The van der Waals surface area contributed by atoms with Crippen molar-refractivity contribution in [2.24, 2.45) is 0 Å². The number of alkyl halides is 3. The van der Waals surface area contributed by atoms with Crippen molar-refractivity contribution in [1.29, 1.82) is 0 Å². The molecular formula is C21H21F3N6O. The van der Waals surface area contributed by atoms with Crippen molar-refractivity contribution in [2.75, 3.05) is 31.1 Å². The van der Waals surface area contributed by atoms with Gasteiger partial charge in [0.05, 0.1) is 12.0 Å². The molecule has 3 heterocycles. The van der Waals surface area contributed by atoms with Gasteiger partial charge in [-0.1, -0.05) is 18.2 Å². The van der Waals surface area contributed by atoms with Crippen LogP contribution in [0.25, 0.3) is 5.82 Å². The van der Waals surface area contributed by atoms with E-state index in [0.717, 1.165) is 23.8 Å². The van der Waals surface area contributed by atoms with Gasteiger partial charge in [0.25, 0.3) is 0 Å². The topological polar surface area (TPSA) is 67.2 Å². The first-order valence-electron chi connectivity index (χ1n) is 9.82. The molecular weight excluding hydrogens is 409 g/mol. The lowest BCUT2D eigenvalue weighted by atomic mass is 10.1. The molecule has 2 aromatic heterocycles. The predicted octanol–water partition coefficient (Wildman–Crippen LogP) is 2.88. The zero-order chi connectivity index (χ0) is 22.0. The lowest BCUT2D eigenvalue weighted by molar-refractivity contribution is -0.138. The quantitative estimate of drug-likeness (QED) is 0.637. The molecule has 0 atom stereocenters. The number of anilines is 1. The van der Waals surface area contributed by atoms with E-state index in [-0.39, 0.29) is 12.3 Å². The smallest absolute Gasteiger partial charge is 0.353 e. The molecule has 1 aliphatic rings. The molecule has 0 unspecified atom stereocenters. The number of hydrogen-bond acceptors (Lipinski definition) is 5. The van der Waals surface area contributed by atoms with Crippen LogP contribution in [0, 0.1) is 6.92 Å². The first kappa shape index (κ1) is 20.8. The largest absolute Gasteiger partial charge is 0.416 e. The fourth-order valence-electron chi connectivity index (χ4n) is 3.59. The molecule has 0 spiro atoms. The van der Waals surface area contributed by atoms with E-state index in [4.69, 9.17) is 0 Å². The van der Waals surface area contributed by atoms with E-state index in [0.29, 0.717) is 37.6 Å². The maximum absolute atomic E-state index is 12.9. The third-order valence-electron chi connectivity index (χ3n) is 5.28. The molecule has 3 aromatic rings. The summed E-state index contributed by atoms with van der Waals surface area (Å²) in [6, 6.07) is 6.79. The monoisotopic (exact) mass is 430 g/mol. The van der Waals surface area contributed by atoms with Gasteiger partial charge < -0.3 is 9.80 Å². The Balaban J connectivity index is 1.38. The van der Waals surface area contributed by atoms with Crippen LogP contribution >= 0.6 is 0 Å². The number of carbonyl (C=O) groups is 1. The molecule has 1 amide bonds. The Hall–Kier alpha value is -3.43. The van der Waals surface area contributed by atoms with E-state index in [1.54, 1.807) is 17.2 Å². The number of imidazole rings is 1. The highest BCUT2D eigenvalue weighted by molar-refractivity contribution is 5.79. The second-order valence-electron chi connectivity index (χ2n) is 7.32. The van der Waals surface area contributed by atoms with Crippen LogP contribution in [0.3, 0.4) is 0 Å². The summed E-state index contributed by atoms with van der Waals surface area (Å²) in [7, 11) is 0. The summed E-state index contributed by atoms with van der Waals surface area (Å²) in [5.74, 6) is 2.09. The number of rotatable bonds is 4. The van der Waals surface area contributed by atoms with Crippen LogP contribution in [0.4, 0.5) is 19.0 Å². The third kappa shape index (κ3) is 4.68. The summed E-state index contributed by atoms with van der Waals surface area (Å²) in [5, 5.41) is 0. The summed E-state index contributed by atoms with van der Waals surface area (Å²) in [6.45, 7) is 3.99. The summed E-state index contributed by atoms with van der Waals surface area (Å²) in [5.41, 5.74) is -0.381. The maximum Gasteiger partial charge on any atom is 0.416 e. The van der Waals surface area contributed by atoms with E-state index in [1.807, 2.05) is 23.8 Å². The summed E-state index contributed by atoms with van der Waals surface area (Å²) >= 11 is 0. The summed E-state index contributed by atoms with van der Waals surface area (Å²) in [6.07, 6.45) is 0.546. The van der Waals surface area contributed by atoms with Crippen LogP contribution in [0.1, 0.15) is 17.0 Å². The highest BCUT2D eigenvalue weighted by Crippen LogP contribution is 2.29. The van der Waals surface area contributed by atoms with Crippen molar-refractivity contribution in [3.63, 3.8) is 0 Å². The normalized spacial score (nSPS) is 14.7. The summed E-state index contributed by atoms with van der Waals surface area (Å²) < 4.78 is 40.5. The number of piperazine rings is 1. The molecule has 7 nitrogen and oxygen atoms in total. The van der Waals surface area contributed by atoms with Crippen LogP contribution in [0.2, 0.25) is 0 Å². The molecule has 0 N–H and O–H groups in total. The van der Waals surface area contributed by atoms with Gasteiger partial charge >= 0.3 is 6.18 Å². The van der Waals surface area contributed by atoms with Gasteiger partial charge in [0, 0.05) is 44.6 Å². The molecule has 0 saturated carbocycles. The SMILES string of the molecule is Cc1nccn1-c1cc(N2CCN(C(=O)Cc3cccc(C(F)(F)F)c3)CC2)ncn1. The van der Waals surface area contributed by atoms with Gasteiger partial charge in [-0.25, -0.2) is 15.0 Å². The van der Waals surface area contributed by atoms with Gasteiger partial charge in [0.15, 0.2) is 0 Å². The molecule has 1 aromatic carbocycles. The summed E-state index contributed by atoms with van der Waals surface area (Å²) in [4.78, 5) is 29.2. The average Bonchev–Trinajstić information content (AvgIpc) is 3.19. The van der Waals surface area contributed by atoms with Crippen molar-refractivity contribution in [3.8, 4) is 5.82 Å². The minimum atomic E-state index is -4.42. The van der Waals surface area contributed by atoms with Crippen molar-refractivity contribution in [2.45, 2.75) is 19.5 Å². The van der Waals surface area contributed by atoms with Gasteiger partial charge in [0.1, 0.15) is 23.8 Å². The zero-order valence-corrected chi connectivity index (χ0v) is 16.9. The maximum atomic E-state index is 12.9. The molecule has 10 heteroatoms. The van der Waals surface area contributed by atoms with Crippen molar-refractivity contribution in [1.82, 2.24) is 24.4 Å². The zero-order valence-electron chi connectivity index (χ0n) is 16.9. The van der Waals surface area contributed by atoms with Crippen LogP contribution < -0.4 is 4.90 Å². The van der Waals surface area contributed by atoms with Crippen molar-refractivity contribution < 1.29 is 18.0 Å². The minimum Gasteiger partial charge on any atom is -0.353 e. The van der Waals surface area contributed by atoms with E-state index in [1.165, 1.54) is 12.4 Å². The van der Waals surface area contributed by atoms with E-state index in [2.05, 4.69) is 19.9 Å². The highest BCUT2D eigenvalue weighted by Gasteiger charge is 2.30. The van der Waals surface area contributed by atoms with Crippen molar-refractivity contribution >= 4 is 11.7 Å². The highest BCUT2D eigenvalue weighted by atomic mass is 19.4. The van der Waals surface area contributed by atoms with E-state index >= 15 is 0 Å². The molecule has 31 heavy (non-hydrogen) atoms. The average molecular weight is 430 g/mol. The lowest BCUT2D eigenvalue weighted by Crippen LogP contribution is -2.49. The molecule has 4 rings (SSSR count). The van der Waals surface area contributed by atoms with Gasteiger partial charge in [-0.2, -0.15) is 13.2 Å². The molecule has 1 fully saturated rings. The Bertz CT molecular complexity index is 1070. The van der Waals surface area contributed by atoms with Gasteiger partial charge in [0.2, 0.25) is 5.91 Å². The second-order valence-corrected chi connectivity index (χ2v) is 7.32. The Morgan fingerprint density at radius 1 is 1.03 bits per heavy atom. The fourth-order valence-corrected chi connectivity index (χ4v) is 3.59. The predicted molar refractivity (Wildman–Crippen MR) is 108 cm³/mol. The minimum absolute atomic E-state index is 0.0541. The van der Waals surface area contributed by atoms with Gasteiger partial charge in [-0.3, -0.25) is 9.36 Å². The van der Waals surface area contributed by atoms with Crippen LogP contribution in [0.15, 0.2) is 49.1 Å². The first-order valence-corrected chi connectivity index (χ1v) is 9.82. The van der Waals surface area contributed by atoms with Gasteiger partial charge in [-0.05, 0) is 18.6 Å². The molecule has 1 aliphatic heterocycles. The number of aryl methyl sites for hydroxylation is 1. The molecule has 0 radical (unpaired) electrons.